The summed E-state index contributed by atoms with van der Waals surface area (Å²) >= 11 is 5.76. The van der Waals surface area contributed by atoms with Gasteiger partial charge in [0.05, 0.1) is 0 Å². The Bertz CT molecular complexity index is 513. The molecule has 1 aromatic carbocycles. The van der Waals surface area contributed by atoms with Gasteiger partial charge in [-0.15, -0.1) is 0 Å². The lowest BCUT2D eigenvalue weighted by atomic mass is 10.1. The van der Waals surface area contributed by atoms with Gasteiger partial charge in [-0.3, -0.25) is 14.4 Å². The number of aryl methyl sites for hydroxylation is 1. The van der Waals surface area contributed by atoms with Crippen LogP contribution in [0.5, 0.6) is 0 Å². The number of carboxylic acid groups (broad SMARTS) is 2. The van der Waals surface area contributed by atoms with Crippen LogP contribution in [0.1, 0.15) is 15.9 Å². The molecule has 0 aliphatic heterocycles. The first-order valence-corrected chi connectivity index (χ1v) is 5.68. The molecule has 1 amide bonds. The van der Waals surface area contributed by atoms with Crippen LogP contribution in [-0.4, -0.2) is 46.0 Å². The number of carbonyl (C=O) groups excluding carboxylic acids is 1. The molecule has 0 aliphatic rings. The largest absolute Gasteiger partial charge is 0.480 e. The molecule has 6 nitrogen and oxygen atoms in total. The minimum atomic E-state index is -1.28. The summed E-state index contributed by atoms with van der Waals surface area (Å²) in [5.74, 6) is -3.21. The van der Waals surface area contributed by atoms with Crippen molar-refractivity contribution in [3.05, 3.63) is 34.3 Å². The molecule has 1 aromatic rings. The quantitative estimate of drug-likeness (QED) is 0.849. The van der Waals surface area contributed by atoms with E-state index in [1.165, 1.54) is 12.1 Å². The summed E-state index contributed by atoms with van der Waals surface area (Å²) in [6.45, 7) is 0.291. The number of hydrogen-bond donors (Lipinski definition) is 2. The maximum Gasteiger partial charge on any atom is 0.323 e. The number of carbonyl (C=O) groups is 3. The van der Waals surface area contributed by atoms with E-state index in [0.29, 0.717) is 10.6 Å². The van der Waals surface area contributed by atoms with Crippen LogP contribution in [0, 0.1) is 6.92 Å². The van der Waals surface area contributed by atoms with Crippen LogP contribution in [-0.2, 0) is 9.59 Å². The van der Waals surface area contributed by atoms with E-state index in [2.05, 4.69) is 0 Å². The van der Waals surface area contributed by atoms with Crippen molar-refractivity contribution in [2.45, 2.75) is 6.92 Å². The van der Waals surface area contributed by atoms with Gasteiger partial charge in [0.15, 0.2) is 0 Å². The number of hydrogen-bond acceptors (Lipinski definition) is 3. The van der Waals surface area contributed by atoms with Crippen molar-refractivity contribution >= 4 is 29.4 Å². The molecular formula is C12H12ClNO5. The lowest BCUT2D eigenvalue weighted by molar-refractivity contribution is -0.140. The fourth-order valence-electron chi connectivity index (χ4n) is 1.56. The molecule has 0 aromatic heterocycles. The summed E-state index contributed by atoms with van der Waals surface area (Å²) in [7, 11) is 0. The van der Waals surface area contributed by atoms with Crippen LogP contribution in [0.4, 0.5) is 0 Å². The molecule has 0 aliphatic carbocycles. The Morgan fingerprint density at radius 2 is 1.68 bits per heavy atom. The molecule has 0 spiro atoms. The Morgan fingerprint density at radius 1 is 1.16 bits per heavy atom. The van der Waals surface area contributed by atoms with E-state index in [0.717, 1.165) is 4.90 Å². The average molecular weight is 286 g/mol. The number of halogens is 1. The van der Waals surface area contributed by atoms with Gasteiger partial charge < -0.3 is 15.1 Å². The first-order valence-electron chi connectivity index (χ1n) is 5.30. The van der Waals surface area contributed by atoms with E-state index in [1.807, 2.05) is 0 Å². The Hall–Kier alpha value is -2.08. The van der Waals surface area contributed by atoms with Crippen molar-refractivity contribution in [2.75, 3.05) is 13.1 Å². The minimum Gasteiger partial charge on any atom is -0.480 e. The van der Waals surface area contributed by atoms with Crippen molar-refractivity contribution in [1.29, 1.82) is 0 Å². The summed E-state index contributed by atoms with van der Waals surface area (Å²) in [4.78, 5) is 34.2. The molecule has 0 saturated carbocycles. The summed E-state index contributed by atoms with van der Waals surface area (Å²) in [5.41, 5.74) is 0.783. The molecule has 19 heavy (non-hydrogen) atoms. The SMILES string of the molecule is Cc1cc(Cl)ccc1C(=O)N(CC(=O)O)CC(=O)O. The number of carboxylic acids is 2. The first kappa shape index (κ1) is 15.0. The zero-order chi connectivity index (χ0) is 14.6. The monoisotopic (exact) mass is 285 g/mol. The molecule has 7 heteroatoms. The summed E-state index contributed by atoms with van der Waals surface area (Å²) in [5, 5.41) is 17.8. The van der Waals surface area contributed by atoms with E-state index in [1.54, 1.807) is 13.0 Å². The molecule has 1 rings (SSSR count). The Labute approximate surface area is 114 Å². The van der Waals surface area contributed by atoms with Gasteiger partial charge in [0.25, 0.3) is 5.91 Å². The Morgan fingerprint density at radius 3 is 2.11 bits per heavy atom. The summed E-state index contributed by atoms with van der Waals surface area (Å²) < 4.78 is 0. The first-order chi connectivity index (χ1) is 8.81. The summed E-state index contributed by atoms with van der Waals surface area (Å²) in [6, 6.07) is 4.48. The molecule has 102 valence electrons. The maximum absolute atomic E-state index is 12.1. The third-order valence-electron chi connectivity index (χ3n) is 2.36. The molecule has 0 unspecified atom stereocenters. The van der Waals surface area contributed by atoms with E-state index in [4.69, 9.17) is 21.8 Å². The Balaban J connectivity index is 3.04. The van der Waals surface area contributed by atoms with E-state index in [-0.39, 0.29) is 5.56 Å². The van der Waals surface area contributed by atoms with Crippen molar-refractivity contribution in [3.8, 4) is 0 Å². The normalized spacial score (nSPS) is 10.0. The minimum absolute atomic E-state index is 0.229. The maximum atomic E-state index is 12.1. The smallest absolute Gasteiger partial charge is 0.323 e. The van der Waals surface area contributed by atoms with Crippen LogP contribution >= 0.6 is 11.6 Å². The molecule has 0 atom stereocenters. The van der Waals surface area contributed by atoms with Gasteiger partial charge in [-0.25, -0.2) is 0 Å². The highest BCUT2D eigenvalue weighted by atomic mass is 35.5. The lowest BCUT2D eigenvalue weighted by Gasteiger charge is -2.19. The molecule has 2 N–H and O–H groups in total. The van der Waals surface area contributed by atoms with Crippen molar-refractivity contribution < 1.29 is 24.6 Å². The van der Waals surface area contributed by atoms with E-state index >= 15 is 0 Å². The van der Waals surface area contributed by atoms with Gasteiger partial charge >= 0.3 is 11.9 Å². The van der Waals surface area contributed by atoms with Gasteiger partial charge in [-0.2, -0.15) is 0 Å². The van der Waals surface area contributed by atoms with Crippen molar-refractivity contribution in [3.63, 3.8) is 0 Å². The van der Waals surface area contributed by atoms with Gasteiger partial charge in [0, 0.05) is 10.6 Å². The van der Waals surface area contributed by atoms with Crippen LogP contribution in [0.3, 0.4) is 0 Å². The van der Waals surface area contributed by atoms with Crippen molar-refractivity contribution in [2.24, 2.45) is 0 Å². The van der Waals surface area contributed by atoms with Gasteiger partial charge in [0.1, 0.15) is 13.1 Å². The third-order valence-corrected chi connectivity index (χ3v) is 2.59. The zero-order valence-electron chi connectivity index (χ0n) is 10.1. The Kier molecular flexibility index (Phi) is 4.88. The fraction of sp³-hybridized carbons (Fsp3) is 0.250. The highest BCUT2D eigenvalue weighted by Gasteiger charge is 2.22. The van der Waals surface area contributed by atoms with Gasteiger partial charge in [-0.05, 0) is 30.7 Å². The molecule has 0 radical (unpaired) electrons. The van der Waals surface area contributed by atoms with E-state index in [9.17, 15) is 14.4 Å². The van der Waals surface area contributed by atoms with E-state index < -0.39 is 30.9 Å². The number of amides is 1. The topological polar surface area (TPSA) is 94.9 Å². The third kappa shape index (κ3) is 4.26. The predicted molar refractivity (Wildman–Crippen MR) is 67.4 cm³/mol. The molecule has 0 heterocycles. The molecular weight excluding hydrogens is 274 g/mol. The standard InChI is InChI=1S/C12H12ClNO5/c1-7-4-8(13)2-3-9(7)12(19)14(5-10(15)16)6-11(17)18/h2-4H,5-6H2,1H3,(H,15,16)(H,17,18). The summed E-state index contributed by atoms with van der Waals surface area (Å²) in [6.07, 6.45) is 0. The highest BCUT2D eigenvalue weighted by Crippen LogP contribution is 2.17. The second-order valence-electron chi connectivity index (χ2n) is 3.91. The highest BCUT2D eigenvalue weighted by molar-refractivity contribution is 6.30. The number of nitrogens with zero attached hydrogens (tertiary/aromatic N) is 1. The van der Waals surface area contributed by atoms with Crippen LogP contribution in [0.25, 0.3) is 0 Å². The number of aliphatic carboxylic acids is 2. The number of rotatable bonds is 5. The average Bonchev–Trinajstić information content (AvgIpc) is 2.26. The molecule has 0 bridgehead atoms. The number of benzene rings is 1. The molecule has 0 saturated heterocycles. The predicted octanol–water partition coefficient (Wildman–Crippen LogP) is 1.26. The second kappa shape index (κ2) is 6.19. The molecule has 0 fully saturated rings. The fourth-order valence-corrected chi connectivity index (χ4v) is 1.79. The van der Waals surface area contributed by atoms with Crippen LogP contribution in [0.2, 0.25) is 5.02 Å². The van der Waals surface area contributed by atoms with Gasteiger partial charge in [-0.1, -0.05) is 11.6 Å². The second-order valence-corrected chi connectivity index (χ2v) is 4.34. The van der Waals surface area contributed by atoms with Crippen LogP contribution < -0.4 is 0 Å². The van der Waals surface area contributed by atoms with Crippen molar-refractivity contribution in [1.82, 2.24) is 4.90 Å². The lowest BCUT2D eigenvalue weighted by Crippen LogP contribution is -2.39. The van der Waals surface area contributed by atoms with Crippen LogP contribution in [0.15, 0.2) is 18.2 Å². The zero-order valence-corrected chi connectivity index (χ0v) is 10.8. The van der Waals surface area contributed by atoms with Gasteiger partial charge in [0.2, 0.25) is 0 Å².